The van der Waals surface area contributed by atoms with Crippen LogP contribution in [0.15, 0.2) is 24.3 Å². The minimum atomic E-state index is -1.06. The van der Waals surface area contributed by atoms with Crippen LogP contribution in [-0.4, -0.2) is 5.11 Å². The summed E-state index contributed by atoms with van der Waals surface area (Å²) in [5.41, 5.74) is 0.265. The third kappa shape index (κ3) is 1.93. The van der Waals surface area contributed by atoms with Gasteiger partial charge in [-0.1, -0.05) is 43.5 Å². The zero-order valence-electron chi connectivity index (χ0n) is 11.2. The molecule has 0 saturated heterocycles. The molecule has 18 heavy (non-hydrogen) atoms. The fourth-order valence-electron chi connectivity index (χ4n) is 3.24. The number of aliphatic hydroxyl groups is 1. The van der Waals surface area contributed by atoms with E-state index in [2.05, 4.69) is 6.07 Å². The second-order valence-electron chi connectivity index (χ2n) is 5.64. The number of rotatable bonds is 2. The molecule has 0 heterocycles. The minimum absolute atomic E-state index is 0.628. The first kappa shape index (κ1) is 13.1. The average Bonchev–Trinajstić information content (AvgIpc) is 2.39. The summed E-state index contributed by atoms with van der Waals surface area (Å²) >= 11 is 0. The molecule has 1 aliphatic carbocycles. The molecule has 0 spiro atoms. The minimum Gasteiger partial charge on any atom is -0.384 e. The summed E-state index contributed by atoms with van der Waals surface area (Å²) in [4.78, 5) is 0. The zero-order chi connectivity index (χ0) is 13.2. The first-order valence-corrected chi connectivity index (χ1v) is 6.73. The van der Waals surface area contributed by atoms with Gasteiger partial charge in [0.15, 0.2) is 0 Å². The zero-order valence-corrected chi connectivity index (χ0v) is 11.2. The Bertz CT molecular complexity index is 464. The van der Waals surface area contributed by atoms with E-state index in [1.807, 2.05) is 38.1 Å². The number of benzene rings is 1. The lowest BCUT2D eigenvalue weighted by Crippen LogP contribution is -2.44. The van der Waals surface area contributed by atoms with Crippen molar-refractivity contribution in [3.63, 3.8) is 0 Å². The van der Waals surface area contributed by atoms with E-state index in [0.29, 0.717) is 0 Å². The van der Waals surface area contributed by atoms with Crippen molar-refractivity contribution in [2.45, 2.75) is 51.6 Å². The van der Waals surface area contributed by atoms with Crippen LogP contribution in [-0.2, 0) is 5.60 Å². The van der Waals surface area contributed by atoms with Crippen LogP contribution in [0.5, 0.6) is 0 Å². The van der Waals surface area contributed by atoms with E-state index in [4.69, 9.17) is 0 Å². The Morgan fingerprint density at radius 2 is 1.83 bits per heavy atom. The van der Waals surface area contributed by atoms with Gasteiger partial charge in [0.25, 0.3) is 0 Å². The Kier molecular flexibility index (Phi) is 3.45. The highest BCUT2D eigenvalue weighted by molar-refractivity contribution is 5.35. The van der Waals surface area contributed by atoms with Gasteiger partial charge in [0.1, 0.15) is 5.60 Å². The average molecular weight is 243 g/mol. The van der Waals surface area contributed by atoms with Crippen LogP contribution in [0, 0.1) is 23.7 Å². The van der Waals surface area contributed by atoms with Gasteiger partial charge in [-0.3, -0.25) is 0 Å². The molecule has 1 atom stereocenters. The Balaban J connectivity index is 2.47. The lowest BCUT2D eigenvalue weighted by molar-refractivity contribution is -0.0638. The van der Waals surface area contributed by atoms with Crippen molar-refractivity contribution >= 4 is 0 Å². The predicted octanol–water partition coefficient (Wildman–Crippen LogP) is 3.68. The third-order valence-corrected chi connectivity index (χ3v) is 4.52. The molecule has 0 aromatic heterocycles. The molecule has 1 N–H and O–H groups in total. The Morgan fingerprint density at radius 3 is 2.39 bits per heavy atom. The maximum Gasteiger partial charge on any atom is 0.106 e. The van der Waals surface area contributed by atoms with Crippen molar-refractivity contribution in [2.75, 3.05) is 0 Å². The van der Waals surface area contributed by atoms with E-state index < -0.39 is 11.0 Å². The van der Waals surface area contributed by atoms with Crippen LogP contribution >= 0.6 is 0 Å². The van der Waals surface area contributed by atoms with Gasteiger partial charge in [-0.2, -0.15) is 5.26 Å². The van der Waals surface area contributed by atoms with Crippen molar-refractivity contribution in [3.05, 3.63) is 35.4 Å². The molecule has 0 aliphatic heterocycles. The van der Waals surface area contributed by atoms with E-state index >= 15 is 0 Å². The Morgan fingerprint density at radius 1 is 1.22 bits per heavy atom. The number of hydrogen-bond donors (Lipinski definition) is 1. The van der Waals surface area contributed by atoms with Gasteiger partial charge in [0.05, 0.1) is 11.5 Å². The quantitative estimate of drug-likeness (QED) is 0.861. The fraction of sp³-hybridized carbons (Fsp3) is 0.562. The molecule has 2 heteroatoms. The normalized spacial score (nSPS) is 21.9. The summed E-state index contributed by atoms with van der Waals surface area (Å²) in [7, 11) is 0. The summed E-state index contributed by atoms with van der Waals surface area (Å²) < 4.78 is 0. The third-order valence-electron chi connectivity index (χ3n) is 4.52. The molecule has 1 fully saturated rings. The van der Waals surface area contributed by atoms with Crippen LogP contribution in [0.4, 0.5) is 0 Å². The second-order valence-corrected chi connectivity index (χ2v) is 5.64. The predicted molar refractivity (Wildman–Crippen MR) is 71.9 cm³/mol. The smallest absolute Gasteiger partial charge is 0.106 e. The molecule has 1 unspecified atom stereocenters. The monoisotopic (exact) mass is 243 g/mol. The van der Waals surface area contributed by atoms with E-state index in [1.165, 1.54) is 6.42 Å². The number of hydrogen-bond acceptors (Lipinski definition) is 2. The van der Waals surface area contributed by atoms with Crippen LogP contribution in [0.2, 0.25) is 0 Å². The molecule has 0 radical (unpaired) electrons. The van der Waals surface area contributed by atoms with Gasteiger partial charge < -0.3 is 5.11 Å². The fourth-order valence-corrected chi connectivity index (χ4v) is 3.24. The van der Waals surface area contributed by atoms with Crippen molar-refractivity contribution in [1.29, 1.82) is 5.26 Å². The molecule has 96 valence electrons. The molecule has 2 rings (SSSR count). The molecule has 0 amide bonds. The summed E-state index contributed by atoms with van der Waals surface area (Å²) in [5.74, 6) is 0. The van der Waals surface area contributed by atoms with E-state index in [1.54, 1.807) is 0 Å². The van der Waals surface area contributed by atoms with Gasteiger partial charge >= 0.3 is 0 Å². The molecule has 2 nitrogen and oxygen atoms in total. The maximum atomic E-state index is 11.0. The van der Waals surface area contributed by atoms with Crippen molar-refractivity contribution in [2.24, 2.45) is 5.41 Å². The Hall–Kier alpha value is -1.33. The number of nitrogens with zero attached hydrogens (tertiary/aromatic N) is 1. The molecule has 1 saturated carbocycles. The lowest BCUT2D eigenvalue weighted by atomic mass is 9.62. The summed E-state index contributed by atoms with van der Waals surface area (Å²) in [6.45, 7) is 3.81. The second kappa shape index (κ2) is 4.74. The highest BCUT2D eigenvalue weighted by Gasteiger charge is 2.49. The SMILES string of the molecule is Cc1ccccc1C(C)(O)C1(C#N)CCCCC1. The summed E-state index contributed by atoms with van der Waals surface area (Å²) in [5, 5.41) is 20.6. The van der Waals surface area contributed by atoms with Crippen LogP contribution in [0.25, 0.3) is 0 Å². The summed E-state index contributed by atoms with van der Waals surface area (Å²) in [6, 6.07) is 10.3. The maximum absolute atomic E-state index is 11.0. The highest BCUT2D eigenvalue weighted by atomic mass is 16.3. The van der Waals surface area contributed by atoms with Crippen LogP contribution in [0.1, 0.15) is 50.2 Å². The molecule has 1 aromatic rings. The molecular weight excluding hydrogens is 222 g/mol. The van der Waals surface area contributed by atoms with Crippen molar-refractivity contribution in [3.8, 4) is 6.07 Å². The highest BCUT2D eigenvalue weighted by Crippen LogP contribution is 2.49. The topological polar surface area (TPSA) is 44.0 Å². The van der Waals surface area contributed by atoms with Crippen molar-refractivity contribution in [1.82, 2.24) is 0 Å². The number of nitriles is 1. The number of aryl methyl sites for hydroxylation is 1. The first-order chi connectivity index (χ1) is 8.53. The van der Waals surface area contributed by atoms with E-state index in [-0.39, 0.29) is 0 Å². The van der Waals surface area contributed by atoms with Gasteiger partial charge in [-0.15, -0.1) is 0 Å². The van der Waals surface area contributed by atoms with E-state index in [9.17, 15) is 10.4 Å². The molecule has 1 aromatic carbocycles. The van der Waals surface area contributed by atoms with Crippen LogP contribution in [0.3, 0.4) is 0 Å². The van der Waals surface area contributed by atoms with Gasteiger partial charge in [-0.25, -0.2) is 0 Å². The summed E-state index contributed by atoms with van der Waals surface area (Å²) in [6.07, 6.45) is 4.84. The van der Waals surface area contributed by atoms with Gasteiger partial charge in [0.2, 0.25) is 0 Å². The molecule has 1 aliphatic rings. The Labute approximate surface area is 109 Å². The van der Waals surface area contributed by atoms with Gasteiger partial charge in [-0.05, 0) is 37.8 Å². The molecular formula is C16H21NO. The molecule has 0 bridgehead atoms. The lowest BCUT2D eigenvalue weighted by Gasteiger charge is -2.43. The first-order valence-electron chi connectivity index (χ1n) is 6.73. The largest absolute Gasteiger partial charge is 0.384 e. The van der Waals surface area contributed by atoms with Crippen molar-refractivity contribution < 1.29 is 5.11 Å². The van der Waals surface area contributed by atoms with Crippen LogP contribution < -0.4 is 0 Å². The standard InChI is InChI=1S/C16H21NO/c1-13-8-4-5-9-14(13)15(2,18)16(12-17)10-6-3-7-11-16/h4-5,8-9,18H,3,6-7,10-11H2,1-2H3. The van der Waals surface area contributed by atoms with Gasteiger partial charge in [0, 0.05) is 0 Å². The van der Waals surface area contributed by atoms with E-state index in [0.717, 1.165) is 36.8 Å².